The van der Waals surface area contributed by atoms with Crippen molar-refractivity contribution in [2.75, 3.05) is 32.1 Å². The number of nitrogens with one attached hydrogen (secondary N) is 2. The fourth-order valence-electron chi connectivity index (χ4n) is 3.89. The van der Waals surface area contributed by atoms with Crippen LogP contribution in [0.2, 0.25) is 10.0 Å². The van der Waals surface area contributed by atoms with Crippen molar-refractivity contribution < 1.29 is 17.9 Å². The molecule has 4 rings (SSSR count). The molecule has 0 unspecified atom stereocenters. The van der Waals surface area contributed by atoms with Crippen LogP contribution in [0.3, 0.4) is 0 Å². The number of methoxy groups -OCH3 is 1. The molecule has 0 bridgehead atoms. The van der Waals surface area contributed by atoms with Gasteiger partial charge in [-0.3, -0.25) is 9.78 Å². The van der Waals surface area contributed by atoms with Crippen molar-refractivity contribution in [3.63, 3.8) is 0 Å². The highest BCUT2D eigenvalue weighted by atomic mass is 35.5. The number of nitrogens with zero attached hydrogens (tertiary/aromatic N) is 2. The third-order valence-corrected chi connectivity index (χ3v) is 8.02. The molecule has 1 heterocycles. The number of halogens is 2. The standard InChI is InChI=1S/C27H26Cl2N4O4S/c1-37-25-10-8-21(29)16-26(25)38(35,36)33(17-19-5-3-2-4-6-19)18-27(34)32-14-13-31-23-11-12-30-24-15-20(28)7-9-22(23)24/h2-12,15-16H,13-14,17-18H2,1H3,(H,30,31)(H,32,34). The van der Waals surface area contributed by atoms with Crippen molar-refractivity contribution in [2.24, 2.45) is 0 Å². The molecule has 11 heteroatoms. The highest BCUT2D eigenvalue weighted by molar-refractivity contribution is 7.89. The normalized spacial score (nSPS) is 11.5. The van der Waals surface area contributed by atoms with Gasteiger partial charge in [0.1, 0.15) is 10.6 Å². The Balaban J connectivity index is 1.45. The van der Waals surface area contributed by atoms with Gasteiger partial charge in [-0.05, 0) is 48.0 Å². The van der Waals surface area contributed by atoms with Gasteiger partial charge >= 0.3 is 0 Å². The fourth-order valence-corrected chi connectivity index (χ4v) is 5.86. The maximum absolute atomic E-state index is 13.6. The number of rotatable bonds is 11. The number of benzene rings is 3. The van der Waals surface area contributed by atoms with Crippen molar-refractivity contribution >= 4 is 55.7 Å². The molecule has 0 fully saturated rings. The summed E-state index contributed by atoms with van der Waals surface area (Å²) >= 11 is 12.1. The largest absolute Gasteiger partial charge is 0.495 e. The van der Waals surface area contributed by atoms with E-state index in [2.05, 4.69) is 15.6 Å². The number of ether oxygens (including phenoxy) is 1. The summed E-state index contributed by atoms with van der Waals surface area (Å²) in [5, 5.41) is 7.80. The Morgan fingerprint density at radius 3 is 2.47 bits per heavy atom. The second-order valence-corrected chi connectivity index (χ2v) is 11.1. The van der Waals surface area contributed by atoms with Crippen LogP contribution in [-0.2, 0) is 21.4 Å². The first-order valence-electron chi connectivity index (χ1n) is 11.7. The predicted octanol–water partition coefficient (Wildman–Crippen LogP) is 4.97. The summed E-state index contributed by atoms with van der Waals surface area (Å²) in [7, 11) is -2.75. The van der Waals surface area contributed by atoms with Gasteiger partial charge in [0.05, 0.1) is 19.2 Å². The van der Waals surface area contributed by atoms with E-state index >= 15 is 0 Å². The summed E-state index contributed by atoms with van der Waals surface area (Å²) in [6, 6.07) is 20.7. The van der Waals surface area contributed by atoms with E-state index in [0.717, 1.165) is 26.5 Å². The molecule has 0 radical (unpaired) electrons. The number of carbonyl (C=O) groups excluding carboxylic acids is 1. The van der Waals surface area contributed by atoms with E-state index in [9.17, 15) is 13.2 Å². The molecule has 4 aromatic rings. The van der Waals surface area contributed by atoms with Crippen molar-refractivity contribution in [3.8, 4) is 5.75 Å². The first kappa shape index (κ1) is 27.7. The molecule has 0 saturated carbocycles. The first-order valence-corrected chi connectivity index (χ1v) is 13.9. The van der Waals surface area contributed by atoms with E-state index in [1.54, 1.807) is 36.5 Å². The SMILES string of the molecule is COc1ccc(Cl)cc1S(=O)(=O)N(CC(=O)NCCNc1ccnc2cc(Cl)ccc12)Cc1ccccc1. The highest BCUT2D eigenvalue weighted by Crippen LogP contribution is 2.30. The molecule has 0 aliphatic heterocycles. The molecule has 198 valence electrons. The van der Waals surface area contributed by atoms with Gasteiger partial charge < -0.3 is 15.4 Å². The van der Waals surface area contributed by atoms with Gasteiger partial charge in [0.15, 0.2) is 0 Å². The topological polar surface area (TPSA) is 101 Å². The van der Waals surface area contributed by atoms with E-state index in [1.165, 1.54) is 19.2 Å². The molecule has 0 aliphatic carbocycles. The molecular formula is C27H26Cl2N4O4S. The summed E-state index contributed by atoms with van der Waals surface area (Å²) in [6.45, 7) is 0.302. The molecule has 0 aliphatic rings. The minimum atomic E-state index is -4.13. The molecule has 0 atom stereocenters. The number of anilines is 1. The van der Waals surface area contributed by atoms with E-state index < -0.39 is 15.9 Å². The number of aromatic nitrogens is 1. The number of sulfonamides is 1. The number of fused-ring (bicyclic) bond motifs is 1. The van der Waals surface area contributed by atoms with E-state index in [4.69, 9.17) is 27.9 Å². The summed E-state index contributed by atoms with van der Waals surface area (Å²) in [5.41, 5.74) is 2.34. The molecule has 38 heavy (non-hydrogen) atoms. The lowest BCUT2D eigenvalue weighted by Crippen LogP contribution is -2.41. The number of hydrogen-bond donors (Lipinski definition) is 2. The predicted molar refractivity (Wildman–Crippen MR) is 150 cm³/mol. The second-order valence-electron chi connectivity index (χ2n) is 8.35. The average molecular weight is 574 g/mol. The van der Waals surface area contributed by atoms with Crippen LogP contribution in [0.4, 0.5) is 5.69 Å². The van der Waals surface area contributed by atoms with Gasteiger partial charge in [-0.25, -0.2) is 8.42 Å². The summed E-state index contributed by atoms with van der Waals surface area (Å²) in [6.07, 6.45) is 1.68. The van der Waals surface area contributed by atoms with E-state index in [0.29, 0.717) is 11.6 Å². The monoisotopic (exact) mass is 572 g/mol. The Morgan fingerprint density at radius 1 is 0.974 bits per heavy atom. The summed E-state index contributed by atoms with van der Waals surface area (Å²) in [4.78, 5) is 17.1. The number of pyridine rings is 1. The Kier molecular flexibility index (Phi) is 9.06. The van der Waals surface area contributed by atoms with Crippen molar-refractivity contribution in [2.45, 2.75) is 11.4 Å². The molecule has 0 saturated heterocycles. The lowest BCUT2D eigenvalue weighted by molar-refractivity contribution is -0.121. The Hall–Kier alpha value is -3.37. The quantitative estimate of drug-likeness (QED) is 0.246. The first-order chi connectivity index (χ1) is 18.3. The van der Waals surface area contributed by atoms with Crippen LogP contribution in [0.25, 0.3) is 10.9 Å². The van der Waals surface area contributed by atoms with Gasteiger partial charge in [0.2, 0.25) is 15.9 Å². The molecule has 3 aromatic carbocycles. The fraction of sp³-hybridized carbons (Fsp3) is 0.185. The maximum Gasteiger partial charge on any atom is 0.247 e. The van der Waals surface area contributed by atoms with Gasteiger partial charge in [0, 0.05) is 46.9 Å². The zero-order valence-electron chi connectivity index (χ0n) is 20.5. The van der Waals surface area contributed by atoms with Crippen LogP contribution in [0.5, 0.6) is 5.75 Å². The zero-order chi connectivity index (χ0) is 27.1. The molecule has 0 spiro atoms. The third-order valence-electron chi connectivity index (χ3n) is 5.73. The number of hydrogen-bond acceptors (Lipinski definition) is 6. The zero-order valence-corrected chi connectivity index (χ0v) is 22.9. The third kappa shape index (κ3) is 6.73. The van der Waals surface area contributed by atoms with Crippen molar-refractivity contribution in [1.29, 1.82) is 0 Å². The molecule has 2 N–H and O–H groups in total. The van der Waals surface area contributed by atoms with Gasteiger partial charge in [-0.2, -0.15) is 4.31 Å². The molecular weight excluding hydrogens is 547 g/mol. The summed E-state index contributed by atoms with van der Waals surface area (Å²) < 4.78 is 33.7. The van der Waals surface area contributed by atoms with Crippen LogP contribution < -0.4 is 15.4 Å². The van der Waals surface area contributed by atoms with Crippen LogP contribution in [-0.4, -0.2) is 50.4 Å². The average Bonchev–Trinajstić information content (AvgIpc) is 2.91. The Labute approximate surface area is 231 Å². The van der Waals surface area contributed by atoms with E-state index in [1.807, 2.05) is 30.3 Å². The second kappa shape index (κ2) is 12.4. The lowest BCUT2D eigenvalue weighted by Gasteiger charge is -2.23. The highest BCUT2D eigenvalue weighted by Gasteiger charge is 2.30. The van der Waals surface area contributed by atoms with Crippen molar-refractivity contribution in [3.05, 3.63) is 94.6 Å². The van der Waals surface area contributed by atoms with Crippen LogP contribution in [0.15, 0.2) is 83.9 Å². The lowest BCUT2D eigenvalue weighted by atomic mass is 10.2. The van der Waals surface area contributed by atoms with Crippen LogP contribution >= 0.6 is 23.2 Å². The Bertz CT molecular complexity index is 1540. The molecule has 1 aromatic heterocycles. The number of carbonyl (C=O) groups is 1. The van der Waals surface area contributed by atoms with E-state index in [-0.39, 0.29) is 35.3 Å². The van der Waals surface area contributed by atoms with Gasteiger partial charge in [0.25, 0.3) is 0 Å². The minimum Gasteiger partial charge on any atom is -0.495 e. The van der Waals surface area contributed by atoms with Crippen LogP contribution in [0.1, 0.15) is 5.56 Å². The van der Waals surface area contributed by atoms with Crippen LogP contribution in [0, 0.1) is 0 Å². The Morgan fingerprint density at radius 2 is 1.71 bits per heavy atom. The van der Waals surface area contributed by atoms with Crippen molar-refractivity contribution in [1.82, 2.24) is 14.6 Å². The minimum absolute atomic E-state index is 0.00389. The smallest absolute Gasteiger partial charge is 0.247 e. The maximum atomic E-state index is 13.6. The number of amides is 1. The van der Waals surface area contributed by atoms with Gasteiger partial charge in [-0.1, -0.05) is 53.5 Å². The van der Waals surface area contributed by atoms with Gasteiger partial charge in [-0.15, -0.1) is 0 Å². The molecule has 8 nitrogen and oxygen atoms in total. The molecule has 1 amide bonds. The summed E-state index contributed by atoms with van der Waals surface area (Å²) in [5.74, 6) is -0.304.